The van der Waals surface area contributed by atoms with Crippen molar-refractivity contribution in [3.63, 3.8) is 0 Å². The molecule has 0 saturated carbocycles. The van der Waals surface area contributed by atoms with Crippen LogP contribution in [0.4, 0.5) is 18.9 Å². The number of halogens is 3. The summed E-state index contributed by atoms with van der Waals surface area (Å²) in [5, 5.41) is 3.01. The standard InChI is InChI=1S/C23H27F3N2O4S/c1-15(2)20-9-4-6-16(3)21(20)27-22(29)17-10-12-28(13-11-17)33(30,31)19-8-5-7-18(14-19)32-23(24,25)26/h4-9,14-15,17H,10-13H2,1-3H3,(H,27,29). The van der Waals surface area contributed by atoms with E-state index in [9.17, 15) is 26.4 Å². The summed E-state index contributed by atoms with van der Waals surface area (Å²) in [4.78, 5) is 12.6. The Bertz CT molecular complexity index is 1110. The van der Waals surface area contributed by atoms with Crippen LogP contribution in [-0.2, 0) is 14.8 Å². The van der Waals surface area contributed by atoms with Crippen molar-refractivity contribution in [1.82, 2.24) is 4.31 Å². The predicted octanol–water partition coefficient (Wildman–Crippen LogP) is 5.06. The van der Waals surface area contributed by atoms with Gasteiger partial charge >= 0.3 is 6.36 Å². The zero-order chi connectivity index (χ0) is 24.4. The first-order chi connectivity index (χ1) is 15.4. The average molecular weight is 485 g/mol. The minimum Gasteiger partial charge on any atom is -0.406 e. The third-order valence-electron chi connectivity index (χ3n) is 5.68. The van der Waals surface area contributed by atoms with Gasteiger partial charge in [0.2, 0.25) is 15.9 Å². The van der Waals surface area contributed by atoms with Crippen LogP contribution in [0.2, 0.25) is 0 Å². The molecule has 0 spiro atoms. The van der Waals surface area contributed by atoms with Gasteiger partial charge in [0.05, 0.1) is 4.90 Å². The highest BCUT2D eigenvalue weighted by atomic mass is 32.2. The van der Waals surface area contributed by atoms with Crippen LogP contribution in [0.1, 0.15) is 43.7 Å². The lowest BCUT2D eigenvalue weighted by Gasteiger charge is -2.31. The largest absolute Gasteiger partial charge is 0.573 e. The van der Waals surface area contributed by atoms with Gasteiger partial charge in [-0.25, -0.2) is 8.42 Å². The van der Waals surface area contributed by atoms with Gasteiger partial charge in [-0.15, -0.1) is 13.2 Å². The Labute approximate surface area is 191 Å². The van der Waals surface area contributed by atoms with E-state index in [0.29, 0.717) is 12.8 Å². The van der Waals surface area contributed by atoms with Crippen LogP contribution in [0, 0.1) is 12.8 Å². The van der Waals surface area contributed by atoms with Gasteiger partial charge in [-0.1, -0.05) is 38.1 Å². The Balaban J connectivity index is 1.68. The highest BCUT2D eigenvalue weighted by molar-refractivity contribution is 7.89. The molecule has 1 aliphatic heterocycles. The molecule has 2 aromatic carbocycles. The van der Waals surface area contributed by atoms with Gasteiger partial charge in [0.15, 0.2) is 0 Å². The lowest BCUT2D eigenvalue weighted by molar-refractivity contribution is -0.274. The third-order valence-corrected chi connectivity index (χ3v) is 7.57. The lowest BCUT2D eigenvalue weighted by atomic mass is 9.95. The van der Waals surface area contributed by atoms with Gasteiger partial charge in [-0.05, 0) is 48.9 Å². The van der Waals surface area contributed by atoms with Gasteiger partial charge in [-0.3, -0.25) is 4.79 Å². The fourth-order valence-electron chi connectivity index (χ4n) is 3.91. The molecule has 0 bridgehead atoms. The second-order valence-corrected chi connectivity index (χ2v) is 10.3. The maximum atomic E-state index is 12.9. The number of aryl methyl sites for hydroxylation is 1. The first-order valence-corrected chi connectivity index (χ1v) is 12.1. The maximum Gasteiger partial charge on any atom is 0.573 e. The molecule has 1 heterocycles. The first kappa shape index (κ1) is 25.0. The number of anilines is 1. The Kier molecular flexibility index (Phi) is 7.38. The number of nitrogens with one attached hydrogen (secondary N) is 1. The van der Waals surface area contributed by atoms with Crippen LogP contribution in [0.15, 0.2) is 47.4 Å². The minimum absolute atomic E-state index is 0.0928. The molecule has 0 atom stereocenters. The second-order valence-electron chi connectivity index (χ2n) is 8.38. The van der Waals surface area contributed by atoms with Crippen molar-refractivity contribution in [3.05, 3.63) is 53.6 Å². The Morgan fingerprint density at radius 2 is 1.76 bits per heavy atom. The number of hydrogen-bond acceptors (Lipinski definition) is 4. The van der Waals surface area contributed by atoms with E-state index in [2.05, 4.69) is 10.1 Å². The summed E-state index contributed by atoms with van der Waals surface area (Å²) < 4.78 is 68.3. The highest BCUT2D eigenvalue weighted by Crippen LogP contribution is 2.31. The number of benzene rings is 2. The molecule has 0 radical (unpaired) electrons. The Hall–Kier alpha value is -2.59. The number of rotatable bonds is 6. The van der Waals surface area contributed by atoms with Gasteiger partial charge in [-0.2, -0.15) is 4.31 Å². The van der Waals surface area contributed by atoms with Crippen LogP contribution in [-0.4, -0.2) is 38.1 Å². The van der Waals surface area contributed by atoms with E-state index in [0.717, 1.165) is 28.9 Å². The molecule has 6 nitrogen and oxygen atoms in total. The molecule has 1 aliphatic rings. The van der Waals surface area contributed by atoms with Crippen molar-refractivity contribution in [2.24, 2.45) is 5.92 Å². The molecule has 3 rings (SSSR count). The number of ether oxygens (including phenoxy) is 1. The fraction of sp³-hybridized carbons (Fsp3) is 0.435. The van der Waals surface area contributed by atoms with E-state index in [4.69, 9.17) is 0 Å². The van der Waals surface area contributed by atoms with E-state index < -0.39 is 22.1 Å². The van der Waals surface area contributed by atoms with Crippen molar-refractivity contribution in [2.75, 3.05) is 18.4 Å². The normalized spacial score (nSPS) is 16.1. The molecule has 0 unspecified atom stereocenters. The van der Waals surface area contributed by atoms with Crippen molar-refractivity contribution >= 4 is 21.6 Å². The molecule has 1 N–H and O–H groups in total. The monoisotopic (exact) mass is 484 g/mol. The highest BCUT2D eigenvalue weighted by Gasteiger charge is 2.34. The smallest absolute Gasteiger partial charge is 0.406 e. The Morgan fingerprint density at radius 1 is 1.12 bits per heavy atom. The summed E-state index contributed by atoms with van der Waals surface area (Å²) in [5.74, 6) is -0.902. The van der Waals surface area contributed by atoms with Gasteiger partial charge in [0, 0.05) is 30.8 Å². The molecule has 1 fully saturated rings. The quantitative estimate of drug-likeness (QED) is 0.622. The van der Waals surface area contributed by atoms with Gasteiger partial charge < -0.3 is 10.1 Å². The van der Waals surface area contributed by atoms with Crippen molar-refractivity contribution in [3.8, 4) is 5.75 Å². The summed E-state index contributed by atoms with van der Waals surface area (Å²) in [6, 6.07) is 10.2. The lowest BCUT2D eigenvalue weighted by Crippen LogP contribution is -2.41. The van der Waals surface area contributed by atoms with Crippen molar-refractivity contribution < 1.29 is 31.1 Å². The van der Waals surface area contributed by atoms with Crippen LogP contribution < -0.4 is 10.1 Å². The fourth-order valence-corrected chi connectivity index (χ4v) is 5.41. The molecule has 0 aliphatic carbocycles. The van der Waals surface area contributed by atoms with Crippen LogP contribution >= 0.6 is 0 Å². The van der Waals surface area contributed by atoms with Crippen LogP contribution in [0.25, 0.3) is 0 Å². The molecular weight excluding hydrogens is 457 g/mol. The SMILES string of the molecule is Cc1cccc(C(C)C)c1NC(=O)C1CCN(S(=O)(=O)c2cccc(OC(F)(F)F)c2)CC1. The molecule has 180 valence electrons. The summed E-state index contributed by atoms with van der Waals surface area (Å²) >= 11 is 0. The summed E-state index contributed by atoms with van der Waals surface area (Å²) in [5.41, 5.74) is 2.77. The molecule has 10 heteroatoms. The average Bonchev–Trinajstić information content (AvgIpc) is 2.74. The molecule has 1 amide bonds. The minimum atomic E-state index is -4.92. The number of hydrogen-bond donors (Lipinski definition) is 1. The molecular formula is C23H27F3N2O4S. The number of carbonyl (C=O) groups excluding carboxylic acids is 1. The van der Waals surface area contributed by atoms with E-state index in [1.165, 1.54) is 16.4 Å². The molecule has 0 aromatic heterocycles. The number of piperidine rings is 1. The van der Waals surface area contributed by atoms with E-state index >= 15 is 0 Å². The van der Waals surface area contributed by atoms with Crippen molar-refractivity contribution in [1.29, 1.82) is 0 Å². The maximum absolute atomic E-state index is 12.9. The summed E-state index contributed by atoms with van der Waals surface area (Å²) in [7, 11) is -4.02. The molecule has 2 aromatic rings. The molecule has 33 heavy (non-hydrogen) atoms. The van der Waals surface area contributed by atoms with E-state index in [1.54, 1.807) is 0 Å². The van der Waals surface area contributed by atoms with E-state index in [-0.39, 0.29) is 35.7 Å². The van der Waals surface area contributed by atoms with E-state index in [1.807, 2.05) is 39.0 Å². The Morgan fingerprint density at radius 3 is 2.36 bits per heavy atom. The third kappa shape index (κ3) is 6.05. The number of para-hydroxylation sites is 1. The summed E-state index contributed by atoms with van der Waals surface area (Å²) in [6.07, 6.45) is -4.29. The topological polar surface area (TPSA) is 75.7 Å². The first-order valence-electron chi connectivity index (χ1n) is 10.6. The van der Waals surface area contributed by atoms with Gasteiger partial charge in [0.1, 0.15) is 5.75 Å². The molecule has 1 saturated heterocycles. The number of carbonyl (C=O) groups is 1. The number of sulfonamides is 1. The van der Waals surface area contributed by atoms with Crippen molar-refractivity contribution in [2.45, 2.75) is 50.8 Å². The number of alkyl halides is 3. The van der Waals surface area contributed by atoms with Crippen LogP contribution in [0.5, 0.6) is 5.75 Å². The predicted molar refractivity (Wildman–Crippen MR) is 119 cm³/mol. The number of nitrogens with zero attached hydrogens (tertiary/aromatic N) is 1. The zero-order valence-corrected chi connectivity index (χ0v) is 19.5. The second kappa shape index (κ2) is 9.72. The summed E-state index contributed by atoms with van der Waals surface area (Å²) in [6.45, 7) is 6.20. The van der Waals surface area contributed by atoms with Crippen LogP contribution in [0.3, 0.4) is 0 Å². The number of amides is 1. The van der Waals surface area contributed by atoms with Gasteiger partial charge in [0.25, 0.3) is 0 Å². The zero-order valence-electron chi connectivity index (χ0n) is 18.6.